The largest absolute Gasteiger partial charge is 0.478 e. The number of nitrogens with zero attached hydrogens (tertiary/aromatic N) is 3. The zero-order chi connectivity index (χ0) is 19.1. The van der Waals surface area contributed by atoms with Crippen LogP contribution in [0.5, 0.6) is 0 Å². The van der Waals surface area contributed by atoms with Gasteiger partial charge in [0.25, 0.3) is 0 Å². The zero-order valence-corrected chi connectivity index (χ0v) is 15.1. The number of rotatable bonds is 5. The van der Waals surface area contributed by atoms with Gasteiger partial charge >= 0.3 is 5.97 Å². The van der Waals surface area contributed by atoms with Gasteiger partial charge in [-0.25, -0.2) is 22.7 Å². The summed E-state index contributed by atoms with van der Waals surface area (Å²) in [6.45, 7) is 3.47. The van der Waals surface area contributed by atoms with Crippen molar-refractivity contribution in [3.05, 3.63) is 47.4 Å². The van der Waals surface area contributed by atoms with E-state index in [1.54, 1.807) is 32.0 Å². The molecule has 0 aliphatic carbocycles. The summed E-state index contributed by atoms with van der Waals surface area (Å²) in [5.41, 5.74) is 3.00. The first-order valence-corrected chi connectivity index (χ1v) is 9.46. The molecule has 26 heavy (non-hydrogen) atoms. The Morgan fingerprint density at radius 2 is 2.00 bits per heavy atom. The van der Waals surface area contributed by atoms with E-state index in [0.717, 1.165) is 11.8 Å². The maximum atomic E-state index is 11.5. The first kappa shape index (κ1) is 17.7. The predicted molar refractivity (Wildman–Crippen MR) is 97.6 cm³/mol. The molecule has 0 aliphatic heterocycles. The highest BCUT2D eigenvalue weighted by Gasteiger charge is 2.17. The fourth-order valence-electron chi connectivity index (χ4n) is 2.61. The maximum absolute atomic E-state index is 11.5. The van der Waals surface area contributed by atoms with E-state index in [9.17, 15) is 18.3 Å². The highest BCUT2D eigenvalue weighted by atomic mass is 32.2. The molecule has 0 fully saturated rings. The molecule has 0 saturated heterocycles. The monoisotopic (exact) mass is 375 g/mol. The summed E-state index contributed by atoms with van der Waals surface area (Å²) in [5, 5.41) is 16.4. The normalized spacial score (nSPS) is 11.5. The number of hydrogen-bond acceptors (Lipinski definition) is 6. The van der Waals surface area contributed by atoms with Gasteiger partial charge in [-0.15, -0.1) is 0 Å². The maximum Gasteiger partial charge on any atom is 0.337 e. The first-order valence-electron chi connectivity index (χ1n) is 7.57. The van der Waals surface area contributed by atoms with Gasteiger partial charge in [0, 0.05) is 11.9 Å². The van der Waals surface area contributed by atoms with Gasteiger partial charge in [0.2, 0.25) is 10.0 Å². The van der Waals surface area contributed by atoms with Gasteiger partial charge in [0.05, 0.1) is 17.5 Å². The number of nitrogens with one attached hydrogen (secondary N) is 2. The summed E-state index contributed by atoms with van der Waals surface area (Å²) in [4.78, 5) is 15.5. The lowest BCUT2D eigenvalue weighted by Gasteiger charge is -2.12. The van der Waals surface area contributed by atoms with Crippen LogP contribution in [-0.4, -0.2) is 40.3 Å². The third-order valence-electron chi connectivity index (χ3n) is 3.85. The Morgan fingerprint density at radius 3 is 2.65 bits per heavy atom. The van der Waals surface area contributed by atoms with Crippen LogP contribution in [0.3, 0.4) is 0 Å². The number of aromatic carboxylic acids is 1. The quantitative estimate of drug-likeness (QED) is 0.624. The number of aromatic nitrogens is 3. The highest BCUT2D eigenvalue weighted by Crippen LogP contribution is 2.27. The Morgan fingerprint density at radius 1 is 1.27 bits per heavy atom. The molecule has 0 radical (unpaired) electrons. The summed E-state index contributed by atoms with van der Waals surface area (Å²) >= 11 is 0. The summed E-state index contributed by atoms with van der Waals surface area (Å²) in [6.07, 6.45) is 3.81. The fraction of sp³-hybridized carbons (Fsp3) is 0.188. The number of carboxylic acid groups (broad SMARTS) is 1. The lowest BCUT2D eigenvalue weighted by atomic mass is 10.1. The van der Waals surface area contributed by atoms with Crippen molar-refractivity contribution in [1.29, 1.82) is 0 Å². The van der Waals surface area contributed by atoms with E-state index in [0.29, 0.717) is 28.3 Å². The van der Waals surface area contributed by atoms with E-state index in [2.05, 4.69) is 20.1 Å². The smallest absolute Gasteiger partial charge is 0.337 e. The molecule has 10 heteroatoms. The van der Waals surface area contributed by atoms with Gasteiger partial charge in [-0.1, -0.05) is 6.07 Å². The van der Waals surface area contributed by atoms with Crippen LogP contribution in [0.25, 0.3) is 5.52 Å². The number of benzene rings is 1. The SMILES string of the molecule is Cc1ccc(Nc2ncnn3cc(C(=O)O)c(C)c23)cc1NS(C)(=O)=O. The second-order valence-corrected chi connectivity index (χ2v) is 7.65. The average molecular weight is 375 g/mol. The molecule has 3 rings (SSSR count). The third-order valence-corrected chi connectivity index (χ3v) is 4.44. The van der Waals surface area contributed by atoms with Crippen molar-refractivity contribution >= 4 is 38.7 Å². The van der Waals surface area contributed by atoms with Crippen molar-refractivity contribution in [3.63, 3.8) is 0 Å². The molecule has 3 N–H and O–H groups in total. The van der Waals surface area contributed by atoms with Gasteiger partial charge < -0.3 is 10.4 Å². The van der Waals surface area contributed by atoms with Crippen molar-refractivity contribution < 1.29 is 18.3 Å². The molecule has 0 aliphatic rings. The number of carbonyl (C=O) groups is 1. The van der Waals surface area contributed by atoms with Gasteiger partial charge in [-0.05, 0) is 37.1 Å². The van der Waals surface area contributed by atoms with Crippen molar-refractivity contribution in [2.75, 3.05) is 16.3 Å². The molecule has 2 aromatic heterocycles. The number of fused-ring (bicyclic) bond motifs is 1. The Hall–Kier alpha value is -3.14. The van der Waals surface area contributed by atoms with Crippen molar-refractivity contribution in [3.8, 4) is 0 Å². The summed E-state index contributed by atoms with van der Waals surface area (Å²) < 4.78 is 26.9. The highest BCUT2D eigenvalue weighted by molar-refractivity contribution is 7.92. The second-order valence-electron chi connectivity index (χ2n) is 5.90. The lowest BCUT2D eigenvalue weighted by molar-refractivity contribution is 0.0696. The van der Waals surface area contributed by atoms with E-state index in [1.807, 2.05) is 0 Å². The fourth-order valence-corrected chi connectivity index (χ4v) is 3.23. The summed E-state index contributed by atoms with van der Waals surface area (Å²) in [6, 6.07) is 5.19. The van der Waals surface area contributed by atoms with Crippen LogP contribution in [0.4, 0.5) is 17.2 Å². The van der Waals surface area contributed by atoms with Gasteiger partial charge in [0.15, 0.2) is 5.82 Å². The molecule has 0 unspecified atom stereocenters. The van der Waals surface area contributed by atoms with Crippen LogP contribution >= 0.6 is 0 Å². The predicted octanol–water partition coefficient (Wildman–Crippen LogP) is 2.16. The minimum absolute atomic E-state index is 0.136. The molecule has 1 aromatic carbocycles. The van der Waals surface area contributed by atoms with Crippen LogP contribution in [0.1, 0.15) is 21.5 Å². The number of hydrogen-bond donors (Lipinski definition) is 3. The van der Waals surface area contributed by atoms with E-state index in [-0.39, 0.29) is 5.56 Å². The van der Waals surface area contributed by atoms with E-state index in [4.69, 9.17) is 0 Å². The van der Waals surface area contributed by atoms with E-state index >= 15 is 0 Å². The Kier molecular flexibility index (Phi) is 4.28. The van der Waals surface area contributed by atoms with Crippen LogP contribution in [0, 0.1) is 13.8 Å². The number of sulfonamides is 1. The lowest BCUT2D eigenvalue weighted by Crippen LogP contribution is -2.11. The van der Waals surface area contributed by atoms with Crippen LogP contribution in [-0.2, 0) is 10.0 Å². The Bertz CT molecular complexity index is 1120. The minimum atomic E-state index is -3.41. The summed E-state index contributed by atoms with van der Waals surface area (Å²) in [7, 11) is -3.41. The average Bonchev–Trinajstić information content (AvgIpc) is 2.88. The standard InChI is InChI=1S/C16H17N5O4S/c1-9-4-5-11(6-13(9)20-26(3,24)25)19-15-14-10(2)12(16(22)23)7-21(14)18-8-17-15/h4-8,20H,1-3H3,(H,22,23)(H,17,18,19). The van der Waals surface area contributed by atoms with Gasteiger partial charge in [0.1, 0.15) is 11.8 Å². The van der Waals surface area contributed by atoms with Crippen molar-refractivity contribution in [2.45, 2.75) is 13.8 Å². The molecule has 0 spiro atoms. The van der Waals surface area contributed by atoms with Crippen molar-refractivity contribution in [1.82, 2.24) is 14.6 Å². The van der Waals surface area contributed by atoms with Crippen LogP contribution in [0.15, 0.2) is 30.7 Å². The molecule has 9 nitrogen and oxygen atoms in total. The third kappa shape index (κ3) is 3.45. The Balaban J connectivity index is 2.04. The molecule has 2 heterocycles. The molecular formula is C16H17N5O4S. The first-order chi connectivity index (χ1) is 12.2. The topological polar surface area (TPSA) is 126 Å². The molecule has 0 amide bonds. The molecule has 0 saturated carbocycles. The van der Waals surface area contributed by atoms with E-state index in [1.165, 1.54) is 17.0 Å². The summed E-state index contributed by atoms with van der Waals surface area (Å²) in [5.74, 6) is -0.631. The van der Waals surface area contributed by atoms with Crippen LogP contribution in [0.2, 0.25) is 0 Å². The molecule has 136 valence electrons. The molecule has 3 aromatic rings. The van der Waals surface area contributed by atoms with Crippen LogP contribution < -0.4 is 10.0 Å². The molecule has 0 bridgehead atoms. The van der Waals surface area contributed by atoms with Gasteiger partial charge in [-0.2, -0.15) is 5.10 Å². The molecular weight excluding hydrogens is 358 g/mol. The number of anilines is 3. The minimum Gasteiger partial charge on any atom is -0.478 e. The number of aryl methyl sites for hydroxylation is 2. The molecule has 0 atom stereocenters. The zero-order valence-electron chi connectivity index (χ0n) is 14.3. The number of carboxylic acids is 1. The Labute approximate surface area is 149 Å². The second kappa shape index (κ2) is 6.30. The van der Waals surface area contributed by atoms with E-state index < -0.39 is 16.0 Å². The van der Waals surface area contributed by atoms with Gasteiger partial charge in [-0.3, -0.25) is 4.72 Å². The van der Waals surface area contributed by atoms with Crippen molar-refractivity contribution in [2.24, 2.45) is 0 Å².